The van der Waals surface area contributed by atoms with Gasteiger partial charge in [-0.2, -0.15) is 0 Å². The highest BCUT2D eigenvalue weighted by molar-refractivity contribution is 5.81. The average molecular weight is 227 g/mol. The first-order valence-electron chi connectivity index (χ1n) is 5.59. The SMILES string of the molecule is CNCc1ccc(-c2cc3ccccc3o2)o1. The minimum absolute atomic E-state index is 0.722. The van der Waals surface area contributed by atoms with Gasteiger partial charge in [0.25, 0.3) is 0 Å². The van der Waals surface area contributed by atoms with Gasteiger partial charge < -0.3 is 14.2 Å². The van der Waals surface area contributed by atoms with E-state index in [1.807, 2.05) is 49.5 Å². The molecule has 3 rings (SSSR count). The third kappa shape index (κ3) is 1.85. The van der Waals surface area contributed by atoms with Crippen LogP contribution in [0, 0.1) is 0 Å². The zero-order valence-electron chi connectivity index (χ0n) is 9.57. The van der Waals surface area contributed by atoms with Gasteiger partial charge in [0.1, 0.15) is 11.3 Å². The Bertz CT molecular complexity index is 603. The Labute approximate surface area is 99.0 Å². The van der Waals surface area contributed by atoms with Crippen LogP contribution >= 0.6 is 0 Å². The summed E-state index contributed by atoms with van der Waals surface area (Å²) in [6, 6.07) is 13.8. The van der Waals surface area contributed by atoms with Crippen LogP contribution in [-0.4, -0.2) is 7.05 Å². The molecule has 0 radical (unpaired) electrons. The van der Waals surface area contributed by atoms with Gasteiger partial charge in [0.2, 0.25) is 0 Å². The second-order valence-electron chi connectivity index (χ2n) is 3.94. The summed E-state index contributed by atoms with van der Waals surface area (Å²) in [7, 11) is 1.89. The molecule has 0 bridgehead atoms. The van der Waals surface area contributed by atoms with Crippen LogP contribution in [0.15, 0.2) is 51.3 Å². The summed E-state index contributed by atoms with van der Waals surface area (Å²) < 4.78 is 11.4. The van der Waals surface area contributed by atoms with Gasteiger partial charge in [-0.05, 0) is 31.3 Å². The summed E-state index contributed by atoms with van der Waals surface area (Å²) in [6.07, 6.45) is 0. The predicted octanol–water partition coefficient (Wildman–Crippen LogP) is 3.41. The molecule has 0 unspecified atom stereocenters. The number of para-hydroxylation sites is 1. The Morgan fingerprint density at radius 2 is 1.88 bits per heavy atom. The molecule has 0 aliphatic rings. The number of fused-ring (bicyclic) bond motifs is 1. The summed E-state index contributed by atoms with van der Waals surface area (Å²) in [6.45, 7) is 0.722. The number of hydrogen-bond donors (Lipinski definition) is 1. The molecule has 3 heteroatoms. The maximum atomic E-state index is 5.73. The maximum Gasteiger partial charge on any atom is 0.170 e. The monoisotopic (exact) mass is 227 g/mol. The largest absolute Gasteiger partial charge is 0.456 e. The van der Waals surface area contributed by atoms with Crippen molar-refractivity contribution in [2.24, 2.45) is 0 Å². The molecule has 0 saturated carbocycles. The van der Waals surface area contributed by atoms with Crippen molar-refractivity contribution in [3.05, 3.63) is 48.2 Å². The van der Waals surface area contributed by atoms with Gasteiger partial charge in [-0.25, -0.2) is 0 Å². The van der Waals surface area contributed by atoms with Gasteiger partial charge in [0.05, 0.1) is 6.54 Å². The number of furan rings is 2. The topological polar surface area (TPSA) is 38.3 Å². The van der Waals surface area contributed by atoms with E-state index in [1.165, 1.54) is 0 Å². The van der Waals surface area contributed by atoms with E-state index in [0.717, 1.165) is 34.8 Å². The van der Waals surface area contributed by atoms with Crippen molar-refractivity contribution in [3.63, 3.8) is 0 Å². The van der Waals surface area contributed by atoms with Crippen LogP contribution < -0.4 is 5.32 Å². The van der Waals surface area contributed by atoms with Crippen LogP contribution in [0.1, 0.15) is 5.76 Å². The first-order chi connectivity index (χ1) is 8.36. The molecule has 3 nitrogen and oxygen atoms in total. The molecule has 86 valence electrons. The fourth-order valence-corrected chi connectivity index (χ4v) is 1.88. The first-order valence-corrected chi connectivity index (χ1v) is 5.59. The van der Waals surface area contributed by atoms with Gasteiger partial charge in [-0.15, -0.1) is 0 Å². The lowest BCUT2D eigenvalue weighted by molar-refractivity contribution is 0.489. The Morgan fingerprint density at radius 1 is 1.00 bits per heavy atom. The van der Waals surface area contributed by atoms with Gasteiger partial charge in [-0.3, -0.25) is 0 Å². The Morgan fingerprint density at radius 3 is 2.71 bits per heavy atom. The molecule has 3 aromatic rings. The average Bonchev–Trinajstić information content (AvgIpc) is 2.94. The van der Waals surface area contributed by atoms with Crippen molar-refractivity contribution < 1.29 is 8.83 Å². The standard InChI is InChI=1S/C14H13NO2/c1-15-9-11-6-7-13(16-11)14-8-10-4-2-3-5-12(10)17-14/h2-8,15H,9H2,1H3. The van der Waals surface area contributed by atoms with Gasteiger partial charge in [0.15, 0.2) is 11.5 Å². The van der Waals surface area contributed by atoms with Gasteiger partial charge >= 0.3 is 0 Å². The number of rotatable bonds is 3. The highest BCUT2D eigenvalue weighted by atomic mass is 16.4. The van der Waals surface area contributed by atoms with Crippen molar-refractivity contribution in [3.8, 4) is 11.5 Å². The molecule has 0 amide bonds. The molecular formula is C14H13NO2. The van der Waals surface area contributed by atoms with E-state index in [-0.39, 0.29) is 0 Å². The van der Waals surface area contributed by atoms with Crippen LogP contribution in [0.4, 0.5) is 0 Å². The Balaban J connectivity index is 2.01. The number of nitrogens with one attached hydrogen (secondary N) is 1. The smallest absolute Gasteiger partial charge is 0.170 e. The van der Waals surface area contributed by atoms with Crippen molar-refractivity contribution in [2.45, 2.75) is 6.54 Å². The van der Waals surface area contributed by atoms with Crippen LogP contribution in [0.25, 0.3) is 22.5 Å². The van der Waals surface area contributed by atoms with Crippen LogP contribution in [0.5, 0.6) is 0 Å². The van der Waals surface area contributed by atoms with Crippen molar-refractivity contribution >= 4 is 11.0 Å². The summed E-state index contributed by atoms with van der Waals surface area (Å²) >= 11 is 0. The lowest BCUT2D eigenvalue weighted by Gasteiger charge is -1.93. The van der Waals surface area contributed by atoms with Crippen LogP contribution in [0.3, 0.4) is 0 Å². The van der Waals surface area contributed by atoms with E-state index in [9.17, 15) is 0 Å². The lowest BCUT2D eigenvalue weighted by Crippen LogP contribution is -2.03. The molecule has 17 heavy (non-hydrogen) atoms. The third-order valence-electron chi connectivity index (χ3n) is 2.68. The van der Waals surface area contributed by atoms with Crippen molar-refractivity contribution in [1.82, 2.24) is 5.32 Å². The molecule has 0 spiro atoms. The predicted molar refractivity (Wildman–Crippen MR) is 66.7 cm³/mol. The lowest BCUT2D eigenvalue weighted by atomic mass is 10.2. The molecular weight excluding hydrogens is 214 g/mol. The molecule has 1 N–H and O–H groups in total. The van der Waals surface area contributed by atoms with Gasteiger partial charge in [-0.1, -0.05) is 18.2 Å². The quantitative estimate of drug-likeness (QED) is 0.745. The summed E-state index contributed by atoms with van der Waals surface area (Å²) in [5.41, 5.74) is 0.883. The Hall–Kier alpha value is -2.00. The van der Waals surface area contributed by atoms with Crippen molar-refractivity contribution in [1.29, 1.82) is 0 Å². The molecule has 2 aromatic heterocycles. The van der Waals surface area contributed by atoms with E-state index >= 15 is 0 Å². The van der Waals surface area contributed by atoms with E-state index in [2.05, 4.69) is 5.32 Å². The summed E-state index contributed by atoms with van der Waals surface area (Å²) in [5.74, 6) is 2.45. The zero-order chi connectivity index (χ0) is 11.7. The third-order valence-corrected chi connectivity index (χ3v) is 2.68. The zero-order valence-corrected chi connectivity index (χ0v) is 9.57. The molecule has 0 aliphatic heterocycles. The molecule has 0 aliphatic carbocycles. The van der Waals surface area contributed by atoms with E-state index < -0.39 is 0 Å². The van der Waals surface area contributed by atoms with E-state index in [1.54, 1.807) is 0 Å². The first kappa shape index (κ1) is 10.2. The minimum Gasteiger partial charge on any atom is -0.456 e. The van der Waals surface area contributed by atoms with E-state index in [4.69, 9.17) is 8.83 Å². The molecule has 0 fully saturated rings. The molecule has 2 heterocycles. The Kier molecular flexibility index (Phi) is 2.46. The van der Waals surface area contributed by atoms with Gasteiger partial charge in [0, 0.05) is 5.39 Å². The summed E-state index contributed by atoms with van der Waals surface area (Å²) in [4.78, 5) is 0. The second-order valence-corrected chi connectivity index (χ2v) is 3.94. The minimum atomic E-state index is 0.722. The molecule has 0 saturated heterocycles. The number of benzene rings is 1. The highest BCUT2D eigenvalue weighted by Crippen LogP contribution is 2.28. The number of hydrogen-bond acceptors (Lipinski definition) is 3. The molecule has 0 atom stereocenters. The van der Waals surface area contributed by atoms with Crippen LogP contribution in [0.2, 0.25) is 0 Å². The maximum absolute atomic E-state index is 5.73. The van der Waals surface area contributed by atoms with E-state index in [0.29, 0.717) is 0 Å². The molecule has 1 aromatic carbocycles. The second kappa shape index (κ2) is 4.11. The van der Waals surface area contributed by atoms with Crippen LogP contribution in [-0.2, 0) is 6.54 Å². The fourth-order valence-electron chi connectivity index (χ4n) is 1.88. The normalized spacial score (nSPS) is 11.1. The highest BCUT2D eigenvalue weighted by Gasteiger charge is 2.09. The summed E-state index contributed by atoms with van der Waals surface area (Å²) in [5, 5.41) is 4.14. The van der Waals surface area contributed by atoms with Crippen molar-refractivity contribution in [2.75, 3.05) is 7.05 Å². The fraction of sp³-hybridized carbons (Fsp3) is 0.143.